The molecule has 0 bridgehead atoms. The molecule has 1 aliphatic rings. The van der Waals surface area contributed by atoms with Crippen LogP contribution in [0.25, 0.3) is 11.3 Å². The second kappa shape index (κ2) is 6.79. The van der Waals surface area contributed by atoms with Gasteiger partial charge in [-0.25, -0.2) is 4.98 Å². The van der Waals surface area contributed by atoms with Gasteiger partial charge in [-0.15, -0.1) is 0 Å². The predicted octanol–water partition coefficient (Wildman–Crippen LogP) is 3.03. The third-order valence-corrected chi connectivity index (χ3v) is 4.03. The van der Waals surface area contributed by atoms with Crippen LogP contribution in [0.15, 0.2) is 36.4 Å². The number of hydrogen-bond donors (Lipinski definition) is 0. The molecule has 1 aliphatic heterocycles. The zero-order valence-corrected chi connectivity index (χ0v) is 13.1. The van der Waals surface area contributed by atoms with Crippen LogP contribution in [0.3, 0.4) is 0 Å². The van der Waals surface area contributed by atoms with Crippen molar-refractivity contribution in [3.8, 4) is 22.8 Å². The lowest BCUT2D eigenvalue weighted by Crippen LogP contribution is -2.35. The van der Waals surface area contributed by atoms with Gasteiger partial charge in [0.1, 0.15) is 17.6 Å². The van der Waals surface area contributed by atoms with Crippen LogP contribution in [0.2, 0.25) is 0 Å². The minimum absolute atomic E-state index is 0.287. The first-order chi connectivity index (χ1) is 10.8. The van der Waals surface area contributed by atoms with Crippen LogP contribution in [0.1, 0.15) is 12.8 Å². The van der Waals surface area contributed by atoms with Crippen molar-refractivity contribution < 1.29 is 9.47 Å². The lowest BCUT2D eigenvalue weighted by Gasteiger charge is -2.29. The normalized spacial score (nSPS) is 16.5. The van der Waals surface area contributed by atoms with E-state index in [-0.39, 0.29) is 6.10 Å². The maximum Gasteiger partial charge on any atom is 0.131 e. The molecule has 2 aromatic rings. The van der Waals surface area contributed by atoms with Gasteiger partial charge in [-0.3, -0.25) is 0 Å². The Morgan fingerprint density at radius 2 is 2.05 bits per heavy atom. The number of methoxy groups -OCH3 is 1. The van der Waals surface area contributed by atoms with E-state index in [1.54, 1.807) is 13.2 Å². The number of likely N-dealkylation sites (tertiary alicyclic amines) is 1. The summed E-state index contributed by atoms with van der Waals surface area (Å²) in [5.41, 5.74) is 1.81. The van der Waals surface area contributed by atoms with Crippen LogP contribution < -0.4 is 9.47 Å². The lowest BCUT2D eigenvalue weighted by atomic mass is 10.1. The van der Waals surface area contributed by atoms with Gasteiger partial charge in [0.25, 0.3) is 0 Å². The fraction of sp³-hybridized carbons (Fsp3) is 0.389. The highest BCUT2D eigenvalue weighted by molar-refractivity contribution is 5.68. The minimum Gasteiger partial charge on any atom is -0.496 e. The molecule has 0 atom stereocenters. The number of piperidine rings is 1. The lowest BCUT2D eigenvalue weighted by molar-refractivity contribution is 0.114. The Labute approximate surface area is 131 Å². The molecule has 115 valence electrons. The summed E-state index contributed by atoms with van der Waals surface area (Å²) in [6.45, 7) is 2.17. The minimum atomic E-state index is 0.287. The number of nitrogens with zero attached hydrogens (tertiary/aromatic N) is 2. The van der Waals surface area contributed by atoms with Crippen LogP contribution in [0.5, 0.6) is 11.5 Å². The van der Waals surface area contributed by atoms with Crippen molar-refractivity contribution in [2.24, 2.45) is 0 Å². The monoisotopic (exact) mass is 297 g/mol. The molecule has 1 radical (unpaired) electrons. The van der Waals surface area contributed by atoms with Crippen LogP contribution in [-0.4, -0.2) is 43.2 Å². The number of ether oxygens (including phenoxy) is 2. The number of hydrogen-bond acceptors (Lipinski definition) is 4. The molecular formula is C18H21N2O2. The molecule has 3 rings (SSSR count). The second-order valence-corrected chi connectivity index (χ2v) is 5.63. The van der Waals surface area contributed by atoms with Crippen LogP contribution >= 0.6 is 0 Å². The van der Waals surface area contributed by atoms with Gasteiger partial charge in [0, 0.05) is 24.7 Å². The van der Waals surface area contributed by atoms with Crippen molar-refractivity contribution in [2.75, 3.05) is 27.2 Å². The average molecular weight is 297 g/mol. The molecule has 1 aromatic heterocycles. The standard InChI is InChI=1S/C18H21N2O2/c1-20-11-8-14(9-12-20)22-15-6-7-16(18(13-15)21-2)17-5-3-4-10-19-17/h3-7,13-14H,8-9,11-12H2,1-2H3. The topological polar surface area (TPSA) is 34.6 Å². The molecule has 0 aliphatic carbocycles. The van der Waals surface area contributed by atoms with Gasteiger partial charge in [-0.2, -0.15) is 0 Å². The summed E-state index contributed by atoms with van der Waals surface area (Å²) < 4.78 is 11.6. The maximum absolute atomic E-state index is 6.10. The van der Waals surface area contributed by atoms with Crippen LogP contribution in [-0.2, 0) is 0 Å². The first kappa shape index (κ1) is 14.9. The zero-order valence-electron chi connectivity index (χ0n) is 13.1. The Balaban J connectivity index is 1.77. The quantitative estimate of drug-likeness (QED) is 0.869. The first-order valence-corrected chi connectivity index (χ1v) is 7.63. The smallest absolute Gasteiger partial charge is 0.131 e. The van der Waals surface area contributed by atoms with Crippen molar-refractivity contribution >= 4 is 0 Å². The van der Waals surface area contributed by atoms with E-state index in [1.807, 2.05) is 30.3 Å². The third kappa shape index (κ3) is 3.39. The maximum atomic E-state index is 6.10. The van der Waals surface area contributed by atoms with Gasteiger partial charge < -0.3 is 14.4 Å². The van der Waals surface area contributed by atoms with Gasteiger partial charge in [-0.1, -0.05) is 6.07 Å². The Hall–Kier alpha value is -2.07. The summed E-state index contributed by atoms with van der Waals surface area (Å²) in [7, 11) is 3.82. The zero-order chi connectivity index (χ0) is 15.4. The molecule has 4 nitrogen and oxygen atoms in total. The Morgan fingerprint density at radius 3 is 2.73 bits per heavy atom. The van der Waals surface area contributed by atoms with Crippen molar-refractivity contribution in [1.29, 1.82) is 0 Å². The van der Waals surface area contributed by atoms with E-state index >= 15 is 0 Å². The molecule has 4 heteroatoms. The van der Waals surface area contributed by atoms with E-state index in [4.69, 9.17) is 9.47 Å². The number of pyridine rings is 1. The number of rotatable bonds is 4. The second-order valence-electron chi connectivity index (χ2n) is 5.63. The number of aromatic nitrogens is 1. The van der Waals surface area contributed by atoms with Gasteiger partial charge in [0.2, 0.25) is 0 Å². The van der Waals surface area contributed by atoms with Gasteiger partial charge in [0.05, 0.1) is 19.0 Å². The largest absolute Gasteiger partial charge is 0.496 e. The highest BCUT2D eigenvalue weighted by Crippen LogP contribution is 2.32. The molecular weight excluding hydrogens is 276 g/mol. The molecule has 1 saturated heterocycles. The van der Waals surface area contributed by atoms with Crippen molar-refractivity contribution in [3.05, 3.63) is 42.6 Å². The SMILES string of the molecule is COc1cc(OC2CCN(C)CC2)ccc1-c1ccc[c]n1. The van der Waals surface area contributed by atoms with Crippen LogP contribution in [0.4, 0.5) is 0 Å². The van der Waals surface area contributed by atoms with E-state index in [9.17, 15) is 0 Å². The Bertz CT molecular complexity index is 608. The summed E-state index contributed by atoms with van der Waals surface area (Å²) in [4.78, 5) is 6.59. The first-order valence-electron chi connectivity index (χ1n) is 7.63. The summed E-state index contributed by atoms with van der Waals surface area (Å²) in [6, 6.07) is 11.6. The predicted molar refractivity (Wildman–Crippen MR) is 86.2 cm³/mol. The fourth-order valence-corrected chi connectivity index (χ4v) is 2.73. The summed E-state index contributed by atoms with van der Waals surface area (Å²) in [5.74, 6) is 1.63. The van der Waals surface area contributed by atoms with E-state index in [0.29, 0.717) is 0 Å². The molecule has 1 aromatic carbocycles. The van der Waals surface area contributed by atoms with E-state index < -0.39 is 0 Å². The summed E-state index contributed by atoms with van der Waals surface area (Å²) >= 11 is 0. The highest BCUT2D eigenvalue weighted by atomic mass is 16.5. The van der Waals surface area contributed by atoms with Crippen LogP contribution in [0, 0.1) is 6.20 Å². The van der Waals surface area contributed by atoms with Gasteiger partial charge in [-0.05, 0) is 44.2 Å². The average Bonchev–Trinajstić information content (AvgIpc) is 2.57. The van der Waals surface area contributed by atoms with Crippen molar-refractivity contribution in [1.82, 2.24) is 9.88 Å². The molecule has 1 fully saturated rings. The molecule has 2 heterocycles. The number of benzene rings is 1. The Kier molecular flexibility index (Phi) is 4.59. The molecule has 0 saturated carbocycles. The third-order valence-electron chi connectivity index (χ3n) is 4.03. The van der Waals surface area contributed by atoms with Crippen molar-refractivity contribution in [2.45, 2.75) is 18.9 Å². The molecule has 22 heavy (non-hydrogen) atoms. The Morgan fingerprint density at radius 1 is 1.23 bits per heavy atom. The molecule has 0 amide bonds. The molecule has 0 unspecified atom stereocenters. The molecule has 0 spiro atoms. The van der Waals surface area contributed by atoms with Crippen molar-refractivity contribution in [3.63, 3.8) is 0 Å². The highest BCUT2D eigenvalue weighted by Gasteiger charge is 2.18. The fourth-order valence-electron chi connectivity index (χ4n) is 2.73. The van der Waals surface area contributed by atoms with Gasteiger partial charge in [0.15, 0.2) is 0 Å². The van der Waals surface area contributed by atoms with E-state index in [1.165, 1.54) is 0 Å². The summed E-state index contributed by atoms with van der Waals surface area (Å²) in [6.07, 6.45) is 5.27. The summed E-state index contributed by atoms with van der Waals surface area (Å²) in [5, 5.41) is 0. The van der Waals surface area contributed by atoms with E-state index in [0.717, 1.165) is 48.7 Å². The van der Waals surface area contributed by atoms with E-state index in [2.05, 4.69) is 23.1 Å². The molecule has 0 N–H and O–H groups in total. The van der Waals surface area contributed by atoms with Gasteiger partial charge >= 0.3 is 0 Å².